The average molecular weight is 313 g/mol. The minimum Gasteiger partial charge on any atom is -0.392 e. The summed E-state index contributed by atoms with van der Waals surface area (Å²) in [5.41, 5.74) is 1.38. The Morgan fingerprint density at radius 2 is 1.95 bits per heavy atom. The SMILES string of the molecule is CC1(CNS(=O)(=O)Cc2cccc(CO)c2)CCOCC1. The van der Waals surface area contributed by atoms with E-state index in [2.05, 4.69) is 11.6 Å². The van der Waals surface area contributed by atoms with E-state index in [0.717, 1.165) is 18.4 Å². The van der Waals surface area contributed by atoms with Crippen LogP contribution in [-0.2, 0) is 27.1 Å². The fourth-order valence-electron chi connectivity index (χ4n) is 2.41. The first kappa shape index (κ1) is 16.4. The number of benzene rings is 1. The van der Waals surface area contributed by atoms with Crippen LogP contribution in [0.25, 0.3) is 0 Å². The number of rotatable bonds is 6. The zero-order chi connectivity index (χ0) is 15.3. The highest BCUT2D eigenvalue weighted by Crippen LogP contribution is 2.29. The molecule has 1 fully saturated rings. The van der Waals surface area contributed by atoms with E-state index in [0.29, 0.717) is 25.3 Å². The standard InChI is InChI=1S/C15H23NO4S/c1-15(5-7-20-8-6-15)12-16-21(18,19)11-14-4-2-3-13(9-14)10-17/h2-4,9,16-17H,5-8,10-12H2,1H3. The van der Waals surface area contributed by atoms with Crippen molar-refractivity contribution < 1.29 is 18.3 Å². The zero-order valence-electron chi connectivity index (χ0n) is 12.3. The molecule has 1 aliphatic rings. The minimum absolute atomic E-state index is 0.0295. The van der Waals surface area contributed by atoms with Gasteiger partial charge in [0.05, 0.1) is 12.4 Å². The molecule has 2 N–H and O–H groups in total. The third kappa shape index (κ3) is 5.07. The van der Waals surface area contributed by atoms with E-state index in [4.69, 9.17) is 9.84 Å². The van der Waals surface area contributed by atoms with E-state index in [1.54, 1.807) is 24.3 Å². The van der Waals surface area contributed by atoms with Gasteiger partial charge in [-0.3, -0.25) is 0 Å². The summed E-state index contributed by atoms with van der Waals surface area (Å²) < 4.78 is 32.4. The molecule has 1 aromatic carbocycles. The maximum atomic E-state index is 12.2. The largest absolute Gasteiger partial charge is 0.392 e. The molecule has 1 saturated heterocycles. The third-order valence-electron chi connectivity index (χ3n) is 3.95. The molecular weight excluding hydrogens is 290 g/mol. The molecule has 0 aliphatic carbocycles. The van der Waals surface area contributed by atoms with Gasteiger partial charge < -0.3 is 9.84 Å². The van der Waals surface area contributed by atoms with E-state index in [-0.39, 0.29) is 17.8 Å². The Morgan fingerprint density at radius 3 is 2.62 bits per heavy atom. The zero-order valence-corrected chi connectivity index (χ0v) is 13.2. The highest BCUT2D eigenvalue weighted by molar-refractivity contribution is 7.88. The molecule has 1 aromatic rings. The molecule has 2 rings (SSSR count). The second kappa shape index (κ2) is 6.87. The summed E-state index contributed by atoms with van der Waals surface area (Å²) in [6.07, 6.45) is 1.74. The molecular formula is C15H23NO4S. The van der Waals surface area contributed by atoms with Gasteiger partial charge in [-0.1, -0.05) is 31.2 Å². The molecule has 0 saturated carbocycles. The Kier molecular flexibility index (Phi) is 5.37. The average Bonchev–Trinajstić information content (AvgIpc) is 2.46. The maximum absolute atomic E-state index is 12.2. The van der Waals surface area contributed by atoms with Crippen LogP contribution in [0.4, 0.5) is 0 Å². The van der Waals surface area contributed by atoms with Crippen molar-refractivity contribution in [3.8, 4) is 0 Å². The Labute approximate surface area is 126 Å². The molecule has 118 valence electrons. The van der Waals surface area contributed by atoms with E-state index in [9.17, 15) is 8.42 Å². The molecule has 0 radical (unpaired) electrons. The molecule has 21 heavy (non-hydrogen) atoms. The van der Waals surface area contributed by atoms with Gasteiger partial charge in [0.1, 0.15) is 0 Å². The lowest BCUT2D eigenvalue weighted by Gasteiger charge is -2.33. The second-order valence-corrected chi connectivity index (χ2v) is 7.79. The van der Waals surface area contributed by atoms with Crippen LogP contribution in [0.3, 0.4) is 0 Å². The van der Waals surface area contributed by atoms with Crippen molar-refractivity contribution in [1.29, 1.82) is 0 Å². The number of hydrogen-bond acceptors (Lipinski definition) is 4. The van der Waals surface area contributed by atoms with Gasteiger partial charge in [-0.2, -0.15) is 0 Å². The topological polar surface area (TPSA) is 75.6 Å². The lowest BCUT2D eigenvalue weighted by atomic mass is 9.83. The third-order valence-corrected chi connectivity index (χ3v) is 5.25. The van der Waals surface area contributed by atoms with Crippen LogP contribution in [0.2, 0.25) is 0 Å². The van der Waals surface area contributed by atoms with Gasteiger partial charge in [0.2, 0.25) is 10.0 Å². The lowest BCUT2D eigenvalue weighted by molar-refractivity contribution is 0.0264. The summed E-state index contributed by atoms with van der Waals surface area (Å²) in [4.78, 5) is 0. The summed E-state index contributed by atoms with van der Waals surface area (Å²) in [6.45, 7) is 3.83. The number of nitrogens with one attached hydrogen (secondary N) is 1. The molecule has 0 unspecified atom stereocenters. The van der Waals surface area contributed by atoms with E-state index in [1.165, 1.54) is 0 Å². The fraction of sp³-hybridized carbons (Fsp3) is 0.600. The Balaban J connectivity index is 1.95. The van der Waals surface area contributed by atoms with Gasteiger partial charge in [0.15, 0.2) is 0 Å². The number of aliphatic hydroxyl groups is 1. The van der Waals surface area contributed by atoms with Crippen LogP contribution in [0.15, 0.2) is 24.3 Å². The van der Waals surface area contributed by atoms with E-state index < -0.39 is 10.0 Å². The molecule has 5 nitrogen and oxygen atoms in total. The quantitative estimate of drug-likeness (QED) is 0.833. The fourth-order valence-corrected chi connectivity index (χ4v) is 3.70. The summed E-state index contributed by atoms with van der Waals surface area (Å²) in [5.74, 6) is -0.0621. The molecule has 1 heterocycles. The van der Waals surface area contributed by atoms with E-state index in [1.807, 2.05) is 0 Å². The highest BCUT2D eigenvalue weighted by atomic mass is 32.2. The van der Waals surface area contributed by atoms with E-state index >= 15 is 0 Å². The monoisotopic (exact) mass is 313 g/mol. The van der Waals surface area contributed by atoms with Gasteiger partial charge >= 0.3 is 0 Å². The van der Waals surface area contributed by atoms with Crippen molar-refractivity contribution in [1.82, 2.24) is 4.72 Å². The summed E-state index contributed by atoms with van der Waals surface area (Å²) in [5, 5.41) is 9.09. The van der Waals surface area contributed by atoms with Crippen LogP contribution in [0, 0.1) is 5.41 Å². The van der Waals surface area contributed by atoms with Crippen LogP contribution in [0.5, 0.6) is 0 Å². The number of hydrogen-bond donors (Lipinski definition) is 2. The van der Waals surface area contributed by atoms with Crippen molar-refractivity contribution in [2.45, 2.75) is 32.1 Å². The Bertz CT molecular complexity index is 565. The summed E-state index contributed by atoms with van der Waals surface area (Å²) in [6, 6.07) is 7.01. The first-order valence-electron chi connectivity index (χ1n) is 7.16. The van der Waals surface area contributed by atoms with Crippen LogP contribution in [0.1, 0.15) is 30.9 Å². The number of aliphatic hydroxyl groups excluding tert-OH is 1. The predicted molar refractivity (Wildman–Crippen MR) is 81.2 cm³/mol. The molecule has 0 bridgehead atoms. The van der Waals surface area contributed by atoms with Gasteiger partial charge in [-0.25, -0.2) is 13.1 Å². The summed E-state index contributed by atoms with van der Waals surface area (Å²) >= 11 is 0. The van der Waals surface area contributed by atoms with Crippen molar-refractivity contribution >= 4 is 10.0 Å². The van der Waals surface area contributed by atoms with Crippen molar-refractivity contribution in [3.05, 3.63) is 35.4 Å². The van der Waals surface area contributed by atoms with Crippen LogP contribution < -0.4 is 4.72 Å². The first-order chi connectivity index (χ1) is 9.92. The first-order valence-corrected chi connectivity index (χ1v) is 8.81. The van der Waals surface area contributed by atoms with Gasteiger partial charge in [-0.05, 0) is 29.4 Å². The summed E-state index contributed by atoms with van der Waals surface area (Å²) in [7, 11) is -3.37. The van der Waals surface area contributed by atoms with Gasteiger partial charge in [0.25, 0.3) is 0 Å². The molecule has 0 spiro atoms. The van der Waals surface area contributed by atoms with Gasteiger partial charge in [0, 0.05) is 19.8 Å². The maximum Gasteiger partial charge on any atom is 0.215 e. The van der Waals surface area contributed by atoms with Crippen LogP contribution in [-0.4, -0.2) is 33.3 Å². The minimum atomic E-state index is -3.37. The molecule has 6 heteroatoms. The van der Waals surface area contributed by atoms with Gasteiger partial charge in [-0.15, -0.1) is 0 Å². The van der Waals surface area contributed by atoms with Crippen molar-refractivity contribution in [3.63, 3.8) is 0 Å². The molecule has 1 aliphatic heterocycles. The lowest BCUT2D eigenvalue weighted by Crippen LogP contribution is -2.39. The number of ether oxygens (including phenoxy) is 1. The highest BCUT2D eigenvalue weighted by Gasteiger charge is 2.28. The second-order valence-electron chi connectivity index (χ2n) is 5.98. The van der Waals surface area contributed by atoms with Crippen LogP contribution >= 0.6 is 0 Å². The normalized spacial score (nSPS) is 18.6. The Hall–Kier alpha value is -0.950. The molecule has 0 amide bonds. The molecule has 0 atom stereocenters. The smallest absolute Gasteiger partial charge is 0.215 e. The predicted octanol–water partition coefficient (Wildman–Crippen LogP) is 1.41. The number of sulfonamides is 1. The van der Waals surface area contributed by atoms with Crippen molar-refractivity contribution in [2.75, 3.05) is 19.8 Å². The Morgan fingerprint density at radius 1 is 1.29 bits per heavy atom. The van der Waals surface area contributed by atoms with Crippen molar-refractivity contribution in [2.24, 2.45) is 5.41 Å². The molecule has 0 aromatic heterocycles.